The molecule has 1 aromatic carbocycles. The molecular weight excluding hydrogens is 309 g/mol. The summed E-state index contributed by atoms with van der Waals surface area (Å²) in [6.45, 7) is -1.94. The average molecular weight is 322 g/mol. The van der Waals surface area contributed by atoms with E-state index in [1.165, 1.54) is 19.2 Å². The Morgan fingerprint density at radius 3 is 2.64 bits per heavy atom. The minimum Gasteiger partial charge on any atom is -0.496 e. The molecule has 10 heteroatoms. The molecule has 1 amide bonds. The Hall–Kier alpha value is -2.36. The van der Waals surface area contributed by atoms with Gasteiger partial charge >= 0.3 is 6.18 Å². The van der Waals surface area contributed by atoms with Gasteiger partial charge in [0.1, 0.15) is 12.4 Å². The summed E-state index contributed by atoms with van der Waals surface area (Å²) in [5.41, 5.74) is -0.396. The SMILES string of the molecule is COc1ccc([N+](=O)[O-])cc1C(=O)NCCOCC(F)(F)F. The van der Waals surface area contributed by atoms with Gasteiger partial charge < -0.3 is 14.8 Å². The summed E-state index contributed by atoms with van der Waals surface area (Å²) in [7, 11) is 1.28. The highest BCUT2D eigenvalue weighted by Gasteiger charge is 2.27. The fraction of sp³-hybridized carbons (Fsp3) is 0.417. The van der Waals surface area contributed by atoms with Crippen molar-refractivity contribution in [3.05, 3.63) is 33.9 Å². The number of nitro groups is 1. The van der Waals surface area contributed by atoms with Crippen molar-refractivity contribution in [2.45, 2.75) is 6.18 Å². The molecule has 0 saturated heterocycles. The zero-order chi connectivity index (χ0) is 16.8. The number of carbonyl (C=O) groups excluding carboxylic acids is 1. The minimum absolute atomic E-state index is 0.0903. The average Bonchev–Trinajstić information content (AvgIpc) is 2.44. The molecule has 0 radical (unpaired) electrons. The summed E-state index contributed by atoms with van der Waals surface area (Å²) in [4.78, 5) is 21.9. The van der Waals surface area contributed by atoms with E-state index in [1.54, 1.807) is 0 Å². The van der Waals surface area contributed by atoms with Crippen LogP contribution in [0.15, 0.2) is 18.2 Å². The fourth-order valence-electron chi connectivity index (χ4n) is 1.51. The van der Waals surface area contributed by atoms with Crippen LogP contribution in [0.1, 0.15) is 10.4 Å². The van der Waals surface area contributed by atoms with Gasteiger partial charge in [0.05, 0.1) is 24.2 Å². The summed E-state index contributed by atoms with van der Waals surface area (Å²) in [6.07, 6.45) is -4.44. The fourth-order valence-corrected chi connectivity index (χ4v) is 1.51. The van der Waals surface area contributed by atoms with Gasteiger partial charge in [0, 0.05) is 18.7 Å². The van der Waals surface area contributed by atoms with E-state index in [2.05, 4.69) is 10.1 Å². The molecule has 0 bridgehead atoms. The molecule has 0 unspecified atom stereocenters. The Balaban J connectivity index is 2.61. The van der Waals surface area contributed by atoms with E-state index in [0.717, 1.165) is 6.07 Å². The van der Waals surface area contributed by atoms with E-state index in [-0.39, 0.29) is 30.2 Å². The number of hydrogen-bond donors (Lipinski definition) is 1. The monoisotopic (exact) mass is 322 g/mol. The van der Waals surface area contributed by atoms with Gasteiger partial charge in [0.2, 0.25) is 0 Å². The lowest BCUT2D eigenvalue weighted by atomic mass is 10.1. The van der Waals surface area contributed by atoms with Crippen molar-refractivity contribution in [2.75, 3.05) is 26.9 Å². The van der Waals surface area contributed by atoms with E-state index in [9.17, 15) is 28.1 Å². The lowest BCUT2D eigenvalue weighted by Crippen LogP contribution is -2.29. The minimum atomic E-state index is -4.44. The number of benzene rings is 1. The van der Waals surface area contributed by atoms with Crippen molar-refractivity contribution in [3.8, 4) is 5.75 Å². The second-order valence-electron chi connectivity index (χ2n) is 4.07. The number of nitrogens with one attached hydrogen (secondary N) is 1. The third-order valence-electron chi connectivity index (χ3n) is 2.44. The molecule has 7 nitrogen and oxygen atoms in total. The number of rotatable bonds is 7. The first-order valence-corrected chi connectivity index (χ1v) is 5.99. The Labute approximate surface area is 123 Å². The molecule has 0 atom stereocenters. The maximum atomic E-state index is 11.9. The van der Waals surface area contributed by atoms with Crippen LogP contribution in [0.5, 0.6) is 5.75 Å². The van der Waals surface area contributed by atoms with Gasteiger partial charge in [0.25, 0.3) is 11.6 Å². The molecule has 122 valence electrons. The predicted molar refractivity (Wildman–Crippen MR) is 68.9 cm³/mol. The van der Waals surface area contributed by atoms with Crippen LogP contribution < -0.4 is 10.1 Å². The number of amides is 1. The van der Waals surface area contributed by atoms with Crippen molar-refractivity contribution in [3.63, 3.8) is 0 Å². The molecular formula is C12H13F3N2O5. The Kier molecular flexibility index (Phi) is 6.11. The lowest BCUT2D eigenvalue weighted by molar-refractivity contribution is -0.384. The van der Waals surface area contributed by atoms with Gasteiger partial charge in [-0.25, -0.2) is 0 Å². The number of hydrogen-bond acceptors (Lipinski definition) is 5. The largest absolute Gasteiger partial charge is 0.496 e. The number of ether oxygens (including phenoxy) is 2. The highest BCUT2D eigenvalue weighted by molar-refractivity contribution is 5.97. The first kappa shape index (κ1) is 17.7. The van der Waals surface area contributed by atoms with Crippen molar-refractivity contribution >= 4 is 11.6 Å². The van der Waals surface area contributed by atoms with E-state index >= 15 is 0 Å². The van der Waals surface area contributed by atoms with E-state index in [1.807, 2.05) is 0 Å². The molecule has 1 rings (SSSR count). The van der Waals surface area contributed by atoms with Crippen LogP contribution in [0.2, 0.25) is 0 Å². The lowest BCUT2D eigenvalue weighted by Gasteiger charge is -2.10. The second kappa shape index (κ2) is 7.59. The Morgan fingerprint density at radius 2 is 2.09 bits per heavy atom. The van der Waals surface area contributed by atoms with Crippen molar-refractivity contribution in [1.29, 1.82) is 0 Å². The quantitative estimate of drug-likeness (QED) is 0.470. The predicted octanol–water partition coefficient (Wildman–Crippen LogP) is 1.91. The van der Waals surface area contributed by atoms with Gasteiger partial charge in [-0.05, 0) is 6.07 Å². The summed E-state index contributed by atoms with van der Waals surface area (Å²) in [6, 6.07) is 3.44. The number of nitro benzene ring substituents is 1. The number of halogens is 3. The molecule has 1 aromatic rings. The number of nitrogens with zero attached hydrogens (tertiary/aromatic N) is 1. The second-order valence-corrected chi connectivity index (χ2v) is 4.07. The van der Waals surface area contributed by atoms with Crippen LogP contribution in [0.4, 0.5) is 18.9 Å². The number of non-ortho nitro benzene ring substituents is 1. The first-order valence-electron chi connectivity index (χ1n) is 5.99. The van der Waals surface area contributed by atoms with Crippen LogP contribution in [0.3, 0.4) is 0 Å². The van der Waals surface area contributed by atoms with Crippen LogP contribution in [-0.4, -0.2) is 43.9 Å². The third kappa shape index (κ3) is 5.56. The van der Waals surface area contributed by atoms with Crippen LogP contribution in [-0.2, 0) is 4.74 Å². The highest BCUT2D eigenvalue weighted by atomic mass is 19.4. The molecule has 0 heterocycles. The molecule has 0 aliphatic rings. The van der Waals surface area contributed by atoms with E-state index in [0.29, 0.717) is 0 Å². The molecule has 1 N–H and O–H groups in total. The zero-order valence-electron chi connectivity index (χ0n) is 11.5. The summed E-state index contributed by atoms with van der Waals surface area (Å²) in [5.74, 6) is -0.601. The summed E-state index contributed by atoms with van der Waals surface area (Å²) >= 11 is 0. The normalized spacial score (nSPS) is 11.1. The van der Waals surface area contributed by atoms with Crippen molar-refractivity contribution < 1.29 is 32.4 Å². The maximum absolute atomic E-state index is 11.9. The van der Waals surface area contributed by atoms with E-state index in [4.69, 9.17) is 4.74 Å². The number of carbonyl (C=O) groups is 1. The molecule has 0 spiro atoms. The molecule has 0 aromatic heterocycles. The Morgan fingerprint density at radius 1 is 1.41 bits per heavy atom. The van der Waals surface area contributed by atoms with Gasteiger partial charge in [-0.2, -0.15) is 13.2 Å². The first-order chi connectivity index (χ1) is 10.2. The zero-order valence-corrected chi connectivity index (χ0v) is 11.5. The van der Waals surface area contributed by atoms with Gasteiger partial charge in [-0.15, -0.1) is 0 Å². The van der Waals surface area contributed by atoms with Crippen LogP contribution in [0.25, 0.3) is 0 Å². The Bertz CT molecular complexity index is 548. The van der Waals surface area contributed by atoms with Crippen LogP contribution in [0, 0.1) is 10.1 Å². The van der Waals surface area contributed by atoms with Gasteiger partial charge in [0.15, 0.2) is 0 Å². The molecule has 0 aliphatic heterocycles. The van der Waals surface area contributed by atoms with E-state index < -0.39 is 23.6 Å². The number of alkyl halides is 3. The molecule has 0 aliphatic carbocycles. The highest BCUT2D eigenvalue weighted by Crippen LogP contribution is 2.23. The maximum Gasteiger partial charge on any atom is 0.411 e. The van der Waals surface area contributed by atoms with Gasteiger partial charge in [-0.3, -0.25) is 14.9 Å². The number of methoxy groups -OCH3 is 1. The van der Waals surface area contributed by atoms with Gasteiger partial charge in [-0.1, -0.05) is 0 Å². The smallest absolute Gasteiger partial charge is 0.411 e. The summed E-state index contributed by atoms with van der Waals surface area (Å²) in [5, 5.41) is 13.0. The van der Waals surface area contributed by atoms with Crippen molar-refractivity contribution in [1.82, 2.24) is 5.32 Å². The molecule has 0 fully saturated rings. The topological polar surface area (TPSA) is 90.7 Å². The van der Waals surface area contributed by atoms with Crippen LogP contribution >= 0.6 is 0 Å². The molecule has 22 heavy (non-hydrogen) atoms. The molecule has 0 saturated carbocycles. The summed E-state index contributed by atoms with van der Waals surface area (Å²) < 4.78 is 44.7. The van der Waals surface area contributed by atoms with Crippen molar-refractivity contribution in [2.24, 2.45) is 0 Å². The third-order valence-corrected chi connectivity index (χ3v) is 2.44. The standard InChI is InChI=1S/C12H13F3N2O5/c1-21-10-3-2-8(17(19)20)6-9(10)11(18)16-4-5-22-7-12(13,14)15/h2-3,6H,4-5,7H2,1H3,(H,16,18).